The van der Waals surface area contributed by atoms with E-state index >= 15 is 0 Å². The van der Waals surface area contributed by atoms with E-state index in [4.69, 9.17) is 0 Å². The van der Waals surface area contributed by atoms with Crippen LogP contribution in [0.3, 0.4) is 0 Å². The van der Waals surface area contributed by atoms with Crippen LogP contribution in [0.5, 0.6) is 0 Å². The maximum Gasteiger partial charge on any atom is 0.282 e. The third kappa shape index (κ3) is 3.84. The molecule has 1 aromatic rings. The Hall–Kier alpha value is -1.71. The number of nitrogens with one attached hydrogen (secondary N) is 1. The Kier molecular flexibility index (Phi) is 5.79. The van der Waals surface area contributed by atoms with Crippen LogP contribution in [0.2, 0.25) is 0 Å². The number of piperazine rings is 1. The second kappa shape index (κ2) is 7.89. The van der Waals surface area contributed by atoms with Crippen LogP contribution >= 0.6 is 0 Å². The molecular formula is C17H26N4O4S. The Labute approximate surface area is 154 Å². The number of rotatable bonds is 4. The van der Waals surface area contributed by atoms with Crippen molar-refractivity contribution in [1.82, 2.24) is 18.5 Å². The van der Waals surface area contributed by atoms with Gasteiger partial charge in [0.05, 0.1) is 0 Å². The second-order valence-electron chi connectivity index (χ2n) is 6.92. The molecule has 1 saturated carbocycles. The smallest absolute Gasteiger partial charge is 0.282 e. The van der Waals surface area contributed by atoms with Crippen LogP contribution in [0.4, 0.5) is 0 Å². The fourth-order valence-electron chi connectivity index (χ4n) is 3.70. The van der Waals surface area contributed by atoms with Crippen molar-refractivity contribution >= 4 is 16.1 Å². The lowest BCUT2D eigenvalue weighted by molar-refractivity contribution is 0.0691. The van der Waals surface area contributed by atoms with Crippen LogP contribution in [0.25, 0.3) is 0 Å². The number of amides is 1. The SMILES string of the molecule is CN(C1CCCCC1)S(=O)(=O)N1CCN(C(=O)c2ccc[nH]c2=O)CC1. The van der Waals surface area contributed by atoms with Gasteiger partial charge in [0, 0.05) is 45.5 Å². The fourth-order valence-corrected chi connectivity index (χ4v) is 5.27. The molecular weight excluding hydrogens is 356 g/mol. The number of hydrogen-bond donors (Lipinski definition) is 1. The second-order valence-corrected chi connectivity index (χ2v) is 8.91. The van der Waals surface area contributed by atoms with Gasteiger partial charge in [0.2, 0.25) is 0 Å². The van der Waals surface area contributed by atoms with Gasteiger partial charge in [-0.25, -0.2) is 0 Å². The number of aromatic nitrogens is 1. The van der Waals surface area contributed by atoms with Gasteiger partial charge in [-0.3, -0.25) is 9.59 Å². The molecule has 144 valence electrons. The molecule has 26 heavy (non-hydrogen) atoms. The van der Waals surface area contributed by atoms with Crippen LogP contribution < -0.4 is 5.56 Å². The number of pyridine rings is 1. The maximum absolute atomic E-state index is 12.9. The van der Waals surface area contributed by atoms with Gasteiger partial charge in [0.25, 0.3) is 21.7 Å². The number of carbonyl (C=O) groups is 1. The van der Waals surface area contributed by atoms with Crippen molar-refractivity contribution in [3.8, 4) is 0 Å². The van der Waals surface area contributed by atoms with Crippen molar-refractivity contribution in [2.24, 2.45) is 0 Å². The summed E-state index contributed by atoms with van der Waals surface area (Å²) in [4.78, 5) is 28.3. The molecule has 2 aliphatic rings. The summed E-state index contributed by atoms with van der Waals surface area (Å²) in [6.07, 6.45) is 6.60. The molecule has 1 N–H and O–H groups in total. The van der Waals surface area contributed by atoms with Gasteiger partial charge >= 0.3 is 0 Å². The zero-order valence-corrected chi connectivity index (χ0v) is 15.9. The quantitative estimate of drug-likeness (QED) is 0.827. The molecule has 0 spiro atoms. The monoisotopic (exact) mass is 382 g/mol. The lowest BCUT2D eigenvalue weighted by Gasteiger charge is -2.38. The van der Waals surface area contributed by atoms with Crippen LogP contribution in [-0.2, 0) is 10.2 Å². The van der Waals surface area contributed by atoms with E-state index in [9.17, 15) is 18.0 Å². The Balaban J connectivity index is 1.63. The van der Waals surface area contributed by atoms with E-state index in [1.165, 1.54) is 32.2 Å². The first-order chi connectivity index (χ1) is 12.4. The highest BCUT2D eigenvalue weighted by Crippen LogP contribution is 2.25. The van der Waals surface area contributed by atoms with E-state index in [0.717, 1.165) is 25.7 Å². The molecule has 0 unspecified atom stereocenters. The zero-order valence-electron chi connectivity index (χ0n) is 15.1. The molecule has 0 aromatic carbocycles. The molecule has 1 aliphatic carbocycles. The van der Waals surface area contributed by atoms with Crippen molar-refractivity contribution in [3.05, 3.63) is 34.2 Å². The minimum absolute atomic E-state index is 0.0660. The molecule has 2 heterocycles. The summed E-state index contributed by atoms with van der Waals surface area (Å²) in [5.41, 5.74) is -0.340. The molecule has 9 heteroatoms. The molecule has 8 nitrogen and oxygen atoms in total. The summed E-state index contributed by atoms with van der Waals surface area (Å²) < 4.78 is 28.7. The summed E-state index contributed by atoms with van der Waals surface area (Å²) in [6.45, 7) is 1.06. The molecule has 2 fully saturated rings. The Morgan fingerprint density at radius 1 is 1.15 bits per heavy atom. The van der Waals surface area contributed by atoms with Gasteiger partial charge in [-0.05, 0) is 25.0 Å². The van der Waals surface area contributed by atoms with Crippen LogP contribution in [0.15, 0.2) is 23.1 Å². The number of carbonyl (C=O) groups excluding carboxylic acids is 1. The van der Waals surface area contributed by atoms with Gasteiger partial charge in [-0.1, -0.05) is 19.3 Å². The topological polar surface area (TPSA) is 93.8 Å². The minimum atomic E-state index is -3.52. The van der Waals surface area contributed by atoms with Crippen LogP contribution in [-0.4, -0.2) is 72.1 Å². The normalized spacial score (nSPS) is 20.5. The lowest BCUT2D eigenvalue weighted by atomic mass is 9.96. The Morgan fingerprint density at radius 3 is 2.42 bits per heavy atom. The van der Waals surface area contributed by atoms with E-state index in [2.05, 4.69) is 4.98 Å². The van der Waals surface area contributed by atoms with Crippen molar-refractivity contribution in [2.45, 2.75) is 38.1 Å². The van der Waals surface area contributed by atoms with E-state index < -0.39 is 15.8 Å². The van der Waals surface area contributed by atoms with E-state index in [-0.39, 0.29) is 43.7 Å². The predicted molar refractivity (Wildman–Crippen MR) is 98.1 cm³/mol. The highest BCUT2D eigenvalue weighted by molar-refractivity contribution is 7.86. The lowest BCUT2D eigenvalue weighted by Crippen LogP contribution is -2.55. The first-order valence-corrected chi connectivity index (χ1v) is 10.5. The first kappa shape index (κ1) is 19.1. The molecule has 1 aliphatic heterocycles. The van der Waals surface area contributed by atoms with Crippen LogP contribution in [0.1, 0.15) is 42.5 Å². The van der Waals surface area contributed by atoms with E-state index in [0.29, 0.717) is 0 Å². The Morgan fingerprint density at radius 2 is 1.81 bits per heavy atom. The molecule has 1 aromatic heterocycles. The molecule has 0 radical (unpaired) electrons. The number of H-pyrrole nitrogens is 1. The average molecular weight is 382 g/mol. The van der Waals surface area contributed by atoms with Crippen LogP contribution in [0, 0.1) is 0 Å². The van der Waals surface area contributed by atoms with Crippen molar-refractivity contribution in [3.63, 3.8) is 0 Å². The van der Waals surface area contributed by atoms with Crippen molar-refractivity contribution in [1.29, 1.82) is 0 Å². The highest BCUT2D eigenvalue weighted by Gasteiger charge is 2.35. The number of hydrogen-bond acceptors (Lipinski definition) is 4. The van der Waals surface area contributed by atoms with Gasteiger partial charge in [0.15, 0.2) is 0 Å². The van der Waals surface area contributed by atoms with Gasteiger partial charge in [0.1, 0.15) is 5.56 Å². The molecule has 0 atom stereocenters. The predicted octanol–water partition coefficient (Wildman–Crippen LogP) is 0.642. The van der Waals surface area contributed by atoms with Gasteiger partial charge in [-0.15, -0.1) is 0 Å². The Bertz CT molecular complexity index is 793. The molecule has 1 saturated heterocycles. The summed E-state index contributed by atoms with van der Waals surface area (Å²) in [5.74, 6) is -0.357. The summed E-state index contributed by atoms with van der Waals surface area (Å²) in [5, 5.41) is 0. The maximum atomic E-state index is 12.9. The molecule has 1 amide bonds. The number of nitrogens with zero attached hydrogens (tertiary/aromatic N) is 3. The molecule has 0 bridgehead atoms. The van der Waals surface area contributed by atoms with E-state index in [1.54, 1.807) is 13.1 Å². The third-order valence-electron chi connectivity index (χ3n) is 5.35. The summed E-state index contributed by atoms with van der Waals surface area (Å²) in [6, 6.07) is 3.16. The first-order valence-electron chi connectivity index (χ1n) is 9.11. The fraction of sp³-hybridized carbons (Fsp3) is 0.647. The van der Waals surface area contributed by atoms with E-state index in [1.807, 2.05) is 0 Å². The third-order valence-corrected chi connectivity index (χ3v) is 7.40. The summed E-state index contributed by atoms with van der Waals surface area (Å²) in [7, 11) is -1.86. The zero-order chi connectivity index (χ0) is 18.7. The highest BCUT2D eigenvalue weighted by atomic mass is 32.2. The molecule has 3 rings (SSSR count). The largest absolute Gasteiger partial charge is 0.336 e. The van der Waals surface area contributed by atoms with Crippen molar-refractivity contribution < 1.29 is 13.2 Å². The minimum Gasteiger partial charge on any atom is -0.336 e. The summed E-state index contributed by atoms with van der Waals surface area (Å²) >= 11 is 0. The van der Waals surface area contributed by atoms with Gasteiger partial charge in [-0.2, -0.15) is 17.0 Å². The number of aromatic amines is 1. The average Bonchev–Trinajstić information content (AvgIpc) is 2.68. The van der Waals surface area contributed by atoms with Crippen molar-refractivity contribution in [2.75, 3.05) is 33.2 Å². The van der Waals surface area contributed by atoms with Gasteiger partial charge < -0.3 is 9.88 Å². The standard InChI is InChI=1S/C17H26N4O4S/c1-19(14-6-3-2-4-7-14)26(24,25)21-12-10-20(11-13-21)17(23)15-8-5-9-18-16(15)22/h5,8-9,14H,2-4,6-7,10-13H2,1H3,(H,18,22).